The summed E-state index contributed by atoms with van der Waals surface area (Å²) in [7, 11) is 0. The van der Waals surface area contributed by atoms with Crippen molar-refractivity contribution in [3.63, 3.8) is 0 Å². The van der Waals surface area contributed by atoms with Crippen molar-refractivity contribution in [2.24, 2.45) is 0 Å². The average molecular weight is 362 g/mol. The topological polar surface area (TPSA) is 84.9 Å². The first-order valence-electron chi connectivity index (χ1n) is 8.70. The third kappa shape index (κ3) is 6.74. The number of hydrogen-bond acceptors (Lipinski definition) is 5. The van der Waals surface area contributed by atoms with E-state index in [1.165, 1.54) is 4.90 Å². The van der Waals surface area contributed by atoms with Crippen molar-refractivity contribution >= 4 is 18.0 Å². The van der Waals surface area contributed by atoms with Gasteiger partial charge in [0.2, 0.25) is 0 Å². The Kier molecular flexibility index (Phi) is 6.60. The fourth-order valence-corrected chi connectivity index (χ4v) is 2.56. The average Bonchev–Trinajstić information content (AvgIpc) is 2.74. The first kappa shape index (κ1) is 19.8. The molecule has 1 aromatic rings. The maximum atomic E-state index is 12.3. The minimum atomic E-state index is -0.649. The van der Waals surface area contributed by atoms with Gasteiger partial charge in [-0.2, -0.15) is 0 Å². The van der Waals surface area contributed by atoms with E-state index in [0.717, 1.165) is 5.56 Å². The van der Waals surface area contributed by atoms with Crippen LogP contribution in [0.15, 0.2) is 30.3 Å². The highest BCUT2D eigenvalue weighted by atomic mass is 16.6. The van der Waals surface area contributed by atoms with Gasteiger partial charge in [-0.25, -0.2) is 9.59 Å². The standard InChI is InChI=1S/C19H26N2O5/c1-19(2,3)26-18(24)21-11-15(9-10-16(22)12-21)20-17(23)25-13-14-7-5-4-6-8-14/h4-8,15H,9-13H2,1-3H3,(H,20,23). The Balaban J connectivity index is 1.89. The van der Waals surface area contributed by atoms with Gasteiger partial charge in [0.15, 0.2) is 5.78 Å². The van der Waals surface area contributed by atoms with E-state index in [4.69, 9.17) is 9.47 Å². The lowest BCUT2D eigenvalue weighted by molar-refractivity contribution is -0.119. The van der Waals surface area contributed by atoms with Gasteiger partial charge in [0.25, 0.3) is 0 Å². The van der Waals surface area contributed by atoms with Crippen LogP contribution >= 0.6 is 0 Å². The maximum absolute atomic E-state index is 12.3. The molecule has 2 rings (SSSR count). The van der Waals surface area contributed by atoms with Gasteiger partial charge in [-0.1, -0.05) is 30.3 Å². The summed E-state index contributed by atoms with van der Waals surface area (Å²) >= 11 is 0. The lowest BCUT2D eigenvalue weighted by Gasteiger charge is -2.28. The number of likely N-dealkylation sites (tertiary alicyclic amines) is 1. The number of rotatable bonds is 3. The molecule has 1 atom stereocenters. The quantitative estimate of drug-likeness (QED) is 0.894. The van der Waals surface area contributed by atoms with E-state index in [-0.39, 0.29) is 31.5 Å². The molecule has 26 heavy (non-hydrogen) atoms. The SMILES string of the molecule is CC(C)(C)OC(=O)N1CC(=O)CCC(NC(=O)OCc2ccccc2)C1. The van der Waals surface area contributed by atoms with Crippen molar-refractivity contribution in [1.82, 2.24) is 10.2 Å². The fraction of sp³-hybridized carbons (Fsp3) is 0.526. The highest BCUT2D eigenvalue weighted by Crippen LogP contribution is 2.14. The summed E-state index contributed by atoms with van der Waals surface area (Å²) in [5, 5.41) is 2.73. The van der Waals surface area contributed by atoms with Crippen LogP contribution in [0.25, 0.3) is 0 Å². The van der Waals surface area contributed by atoms with Gasteiger partial charge in [-0.3, -0.25) is 9.69 Å². The molecule has 1 aromatic carbocycles. The summed E-state index contributed by atoms with van der Waals surface area (Å²) in [5.41, 5.74) is 0.235. The number of amides is 2. The molecule has 0 spiro atoms. The Hall–Kier alpha value is -2.57. The minimum absolute atomic E-state index is 0.00778. The number of nitrogens with one attached hydrogen (secondary N) is 1. The summed E-state index contributed by atoms with van der Waals surface area (Å²) in [6.45, 7) is 5.66. The van der Waals surface area contributed by atoms with E-state index in [1.807, 2.05) is 30.3 Å². The number of ketones is 1. The zero-order valence-corrected chi connectivity index (χ0v) is 15.5. The summed E-state index contributed by atoms with van der Waals surface area (Å²) in [5.74, 6) is -0.0576. The van der Waals surface area contributed by atoms with Gasteiger partial charge in [0, 0.05) is 13.0 Å². The Morgan fingerprint density at radius 2 is 1.92 bits per heavy atom. The van der Waals surface area contributed by atoms with Gasteiger partial charge >= 0.3 is 12.2 Å². The van der Waals surface area contributed by atoms with Crippen molar-refractivity contribution in [3.8, 4) is 0 Å². The van der Waals surface area contributed by atoms with Crippen LogP contribution in [0, 0.1) is 0 Å². The molecule has 1 saturated heterocycles. The molecule has 1 aliphatic rings. The number of ether oxygens (including phenoxy) is 2. The summed E-state index contributed by atoms with van der Waals surface area (Å²) in [6.07, 6.45) is -0.379. The zero-order chi connectivity index (χ0) is 19.2. The zero-order valence-electron chi connectivity index (χ0n) is 15.5. The minimum Gasteiger partial charge on any atom is -0.445 e. The highest BCUT2D eigenvalue weighted by molar-refractivity contribution is 5.84. The third-order valence-electron chi connectivity index (χ3n) is 3.77. The predicted molar refractivity (Wildman–Crippen MR) is 95.6 cm³/mol. The maximum Gasteiger partial charge on any atom is 0.410 e. The number of hydrogen-bond donors (Lipinski definition) is 1. The van der Waals surface area contributed by atoms with E-state index in [9.17, 15) is 14.4 Å². The van der Waals surface area contributed by atoms with Crippen LogP contribution in [-0.4, -0.2) is 47.6 Å². The molecule has 0 aliphatic carbocycles. The molecule has 142 valence electrons. The number of carbonyl (C=O) groups is 3. The molecule has 7 nitrogen and oxygen atoms in total. The van der Waals surface area contributed by atoms with Crippen molar-refractivity contribution in [2.75, 3.05) is 13.1 Å². The van der Waals surface area contributed by atoms with E-state index >= 15 is 0 Å². The number of benzene rings is 1. The molecular weight excluding hydrogens is 336 g/mol. The molecule has 0 radical (unpaired) electrons. The van der Waals surface area contributed by atoms with Crippen LogP contribution in [0.4, 0.5) is 9.59 Å². The van der Waals surface area contributed by atoms with Gasteiger partial charge in [-0.15, -0.1) is 0 Å². The lowest BCUT2D eigenvalue weighted by atomic mass is 10.1. The Morgan fingerprint density at radius 1 is 1.23 bits per heavy atom. The van der Waals surface area contributed by atoms with Crippen LogP contribution in [0.1, 0.15) is 39.2 Å². The van der Waals surface area contributed by atoms with Gasteiger partial charge in [0.05, 0.1) is 12.6 Å². The lowest BCUT2D eigenvalue weighted by Crippen LogP contribution is -2.46. The summed E-state index contributed by atoms with van der Waals surface area (Å²) < 4.78 is 10.5. The Labute approximate surface area is 153 Å². The second-order valence-corrected chi connectivity index (χ2v) is 7.34. The van der Waals surface area contributed by atoms with Crippen molar-refractivity contribution in [2.45, 2.75) is 51.9 Å². The van der Waals surface area contributed by atoms with E-state index < -0.39 is 17.8 Å². The molecule has 1 heterocycles. The van der Waals surface area contributed by atoms with Gasteiger partial charge in [-0.05, 0) is 32.8 Å². The fourth-order valence-electron chi connectivity index (χ4n) is 2.56. The third-order valence-corrected chi connectivity index (χ3v) is 3.77. The van der Waals surface area contributed by atoms with Crippen molar-refractivity contribution in [3.05, 3.63) is 35.9 Å². The highest BCUT2D eigenvalue weighted by Gasteiger charge is 2.30. The number of alkyl carbamates (subject to hydrolysis) is 1. The Bertz CT molecular complexity index is 639. The van der Waals surface area contributed by atoms with Crippen LogP contribution in [0.3, 0.4) is 0 Å². The van der Waals surface area contributed by atoms with Crippen LogP contribution in [0.2, 0.25) is 0 Å². The van der Waals surface area contributed by atoms with Crippen molar-refractivity contribution in [1.29, 1.82) is 0 Å². The van der Waals surface area contributed by atoms with Crippen LogP contribution in [0.5, 0.6) is 0 Å². The first-order chi connectivity index (χ1) is 12.2. The largest absolute Gasteiger partial charge is 0.445 e. The van der Waals surface area contributed by atoms with E-state index in [1.54, 1.807) is 20.8 Å². The van der Waals surface area contributed by atoms with Gasteiger partial charge in [0.1, 0.15) is 12.2 Å². The molecular formula is C19H26N2O5. The Morgan fingerprint density at radius 3 is 2.58 bits per heavy atom. The van der Waals surface area contributed by atoms with Gasteiger partial charge < -0.3 is 14.8 Å². The predicted octanol–water partition coefficient (Wildman–Crippen LogP) is 2.88. The smallest absolute Gasteiger partial charge is 0.410 e. The van der Waals surface area contributed by atoms with Crippen molar-refractivity contribution < 1.29 is 23.9 Å². The molecule has 0 bridgehead atoms. The molecule has 1 aliphatic heterocycles. The first-order valence-corrected chi connectivity index (χ1v) is 8.70. The van der Waals surface area contributed by atoms with E-state index in [0.29, 0.717) is 12.8 Å². The number of carbonyl (C=O) groups excluding carboxylic acids is 3. The second kappa shape index (κ2) is 8.69. The molecule has 7 heteroatoms. The molecule has 1 N–H and O–H groups in total. The molecule has 0 saturated carbocycles. The molecule has 1 unspecified atom stereocenters. The van der Waals surface area contributed by atoms with Crippen LogP contribution < -0.4 is 5.32 Å². The molecule has 2 amide bonds. The second-order valence-electron chi connectivity index (χ2n) is 7.34. The number of nitrogens with zero attached hydrogens (tertiary/aromatic N) is 1. The monoisotopic (exact) mass is 362 g/mol. The summed E-state index contributed by atoms with van der Waals surface area (Å²) in [6, 6.07) is 8.98. The van der Waals surface area contributed by atoms with E-state index in [2.05, 4.69) is 5.32 Å². The molecule has 1 fully saturated rings. The number of Topliss-reactive ketones (excluding diaryl/α,β-unsaturated/α-hetero) is 1. The summed E-state index contributed by atoms with van der Waals surface area (Å²) in [4.78, 5) is 37.5. The van der Waals surface area contributed by atoms with Crippen LogP contribution in [-0.2, 0) is 20.9 Å². The normalized spacial score (nSPS) is 18.0. The molecule has 0 aromatic heterocycles.